The third kappa shape index (κ3) is 4.18. The number of amides is 1. The summed E-state index contributed by atoms with van der Waals surface area (Å²) in [5.41, 5.74) is -0.352. The molecule has 4 nitrogen and oxygen atoms in total. The molecule has 0 aliphatic heterocycles. The third-order valence-electron chi connectivity index (χ3n) is 3.34. The first-order valence-electron chi connectivity index (χ1n) is 6.51. The van der Waals surface area contributed by atoms with Crippen LogP contribution < -0.4 is 5.32 Å². The van der Waals surface area contributed by atoms with E-state index in [9.17, 15) is 10.1 Å². The van der Waals surface area contributed by atoms with E-state index in [1.54, 1.807) is 30.8 Å². The number of nitrogens with one attached hydrogen (secondary N) is 1. The molecule has 0 spiro atoms. The van der Waals surface area contributed by atoms with Crippen LogP contribution in [0.15, 0.2) is 0 Å². The van der Waals surface area contributed by atoms with E-state index in [0.717, 1.165) is 32.2 Å². The molecule has 0 heterocycles. The predicted molar refractivity (Wildman–Crippen MR) is 75.4 cm³/mol. The van der Waals surface area contributed by atoms with E-state index in [2.05, 4.69) is 18.3 Å². The van der Waals surface area contributed by atoms with E-state index >= 15 is 0 Å². The Morgan fingerprint density at radius 3 is 2.89 bits per heavy atom. The van der Waals surface area contributed by atoms with Crippen molar-refractivity contribution >= 4 is 17.7 Å². The second kappa shape index (κ2) is 7.01. The molecule has 2 unspecified atom stereocenters. The van der Waals surface area contributed by atoms with E-state index in [1.807, 2.05) is 0 Å². The standard InChI is InChI=1S/C13H23N3OS/c1-4-7-15-13(10-14)6-5-11(8-13)18-9-12(17)16(2)3/h11,15H,4-9H2,1-3H3. The highest BCUT2D eigenvalue weighted by Gasteiger charge is 2.39. The fourth-order valence-corrected chi connectivity index (χ4v) is 3.45. The van der Waals surface area contributed by atoms with Gasteiger partial charge in [0.15, 0.2) is 0 Å². The summed E-state index contributed by atoms with van der Waals surface area (Å²) in [5.74, 6) is 0.670. The average molecular weight is 269 g/mol. The van der Waals surface area contributed by atoms with Gasteiger partial charge in [-0.2, -0.15) is 5.26 Å². The topological polar surface area (TPSA) is 56.1 Å². The maximum atomic E-state index is 11.5. The Labute approximate surface area is 114 Å². The van der Waals surface area contributed by atoms with Crippen molar-refractivity contribution in [1.82, 2.24) is 10.2 Å². The highest BCUT2D eigenvalue weighted by molar-refractivity contribution is 8.00. The Bertz CT molecular complexity index is 327. The van der Waals surface area contributed by atoms with Gasteiger partial charge >= 0.3 is 0 Å². The van der Waals surface area contributed by atoms with Gasteiger partial charge in [-0.3, -0.25) is 10.1 Å². The molecule has 0 aromatic rings. The normalized spacial score (nSPS) is 26.9. The first-order chi connectivity index (χ1) is 8.53. The number of hydrogen-bond acceptors (Lipinski definition) is 4. The van der Waals surface area contributed by atoms with Gasteiger partial charge in [0.1, 0.15) is 5.54 Å². The molecule has 0 bridgehead atoms. The van der Waals surface area contributed by atoms with Gasteiger partial charge < -0.3 is 4.90 Å². The van der Waals surface area contributed by atoms with Gasteiger partial charge in [0.25, 0.3) is 0 Å². The number of thioether (sulfide) groups is 1. The average Bonchev–Trinajstić information content (AvgIpc) is 2.77. The molecule has 5 heteroatoms. The molecule has 1 aliphatic rings. The highest BCUT2D eigenvalue weighted by Crippen LogP contribution is 2.36. The van der Waals surface area contributed by atoms with Gasteiger partial charge in [0.2, 0.25) is 5.91 Å². The van der Waals surface area contributed by atoms with Crippen LogP contribution >= 0.6 is 11.8 Å². The van der Waals surface area contributed by atoms with E-state index < -0.39 is 0 Å². The van der Waals surface area contributed by atoms with Crippen LogP contribution in [0.1, 0.15) is 32.6 Å². The molecule has 102 valence electrons. The minimum Gasteiger partial charge on any atom is -0.348 e. The van der Waals surface area contributed by atoms with Gasteiger partial charge in [-0.05, 0) is 32.2 Å². The maximum absolute atomic E-state index is 11.5. The summed E-state index contributed by atoms with van der Waals surface area (Å²) in [6.45, 7) is 3.00. The van der Waals surface area contributed by atoms with Crippen molar-refractivity contribution < 1.29 is 4.79 Å². The van der Waals surface area contributed by atoms with Crippen LogP contribution in [0.4, 0.5) is 0 Å². The second-order valence-corrected chi connectivity index (χ2v) is 6.37. The molecular weight excluding hydrogens is 246 g/mol. The van der Waals surface area contributed by atoms with Crippen LogP contribution in [-0.4, -0.2) is 48.0 Å². The minimum absolute atomic E-state index is 0.149. The Kier molecular flexibility index (Phi) is 5.97. The molecule has 1 rings (SSSR count). The summed E-state index contributed by atoms with van der Waals surface area (Å²) in [6.07, 6.45) is 3.82. The van der Waals surface area contributed by atoms with Crippen LogP contribution in [-0.2, 0) is 4.79 Å². The zero-order valence-electron chi connectivity index (χ0n) is 11.5. The van der Waals surface area contributed by atoms with Crippen LogP contribution in [0.5, 0.6) is 0 Å². The van der Waals surface area contributed by atoms with Gasteiger partial charge in [0.05, 0.1) is 11.8 Å². The van der Waals surface area contributed by atoms with Crippen LogP contribution in [0.2, 0.25) is 0 Å². The Morgan fingerprint density at radius 1 is 1.61 bits per heavy atom. The Morgan fingerprint density at radius 2 is 2.33 bits per heavy atom. The van der Waals surface area contributed by atoms with Crippen molar-refractivity contribution in [2.24, 2.45) is 0 Å². The van der Waals surface area contributed by atoms with Crippen LogP contribution in [0, 0.1) is 11.3 Å². The van der Waals surface area contributed by atoms with Crippen molar-refractivity contribution in [3.05, 3.63) is 0 Å². The smallest absolute Gasteiger partial charge is 0.232 e. The number of rotatable bonds is 6. The zero-order chi connectivity index (χ0) is 13.6. The summed E-state index contributed by atoms with van der Waals surface area (Å²) in [5, 5.41) is 13.1. The molecule has 1 fully saturated rings. The summed E-state index contributed by atoms with van der Waals surface area (Å²) in [6, 6.07) is 2.43. The number of nitrogens with zero attached hydrogens (tertiary/aromatic N) is 2. The van der Waals surface area contributed by atoms with E-state index in [4.69, 9.17) is 0 Å². The SMILES string of the molecule is CCCNC1(C#N)CCC(SCC(=O)N(C)C)C1. The van der Waals surface area contributed by atoms with Crippen molar-refractivity contribution in [2.75, 3.05) is 26.4 Å². The first-order valence-corrected chi connectivity index (χ1v) is 7.56. The number of hydrogen-bond donors (Lipinski definition) is 1. The first kappa shape index (κ1) is 15.3. The largest absolute Gasteiger partial charge is 0.348 e. The monoisotopic (exact) mass is 269 g/mol. The lowest BCUT2D eigenvalue weighted by Crippen LogP contribution is -2.42. The van der Waals surface area contributed by atoms with E-state index in [1.165, 1.54) is 0 Å². The summed E-state index contributed by atoms with van der Waals surface area (Å²) in [7, 11) is 3.56. The molecule has 0 saturated heterocycles. The Balaban J connectivity index is 2.40. The van der Waals surface area contributed by atoms with Gasteiger partial charge in [-0.15, -0.1) is 11.8 Å². The number of carbonyl (C=O) groups is 1. The minimum atomic E-state index is -0.352. The summed E-state index contributed by atoms with van der Waals surface area (Å²) >= 11 is 1.69. The van der Waals surface area contributed by atoms with E-state index in [0.29, 0.717) is 11.0 Å². The zero-order valence-corrected chi connectivity index (χ0v) is 12.3. The quantitative estimate of drug-likeness (QED) is 0.796. The third-order valence-corrected chi connectivity index (χ3v) is 4.63. The Hall–Kier alpha value is -0.730. The second-order valence-electron chi connectivity index (χ2n) is 5.08. The fraction of sp³-hybridized carbons (Fsp3) is 0.846. The lowest BCUT2D eigenvalue weighted by molar-refractivity contribution is -0.125. The van der Waals surface area contributed by atoms with Crippen molar-refractivity contribution in [3.8, 4) is 6.07 Å². The van der Waals surface area contributed by atoms with Gasteiger partial charge in [-0.1, -0.05) is 6.92 Å². The lowest BCUT2D eigenvalue weighted by Gasteiger charge is -2.22. The van der Waals surface area contributed by atoms with Gasteiger partial charge in [-0.25, -0.2) is 0 Å². The van der Waals surface area contributed by atoms with Crippen LogP contribution in [0.25, 0.3) is 0 Å². The highest BCUT2D eigenvalue weighted by atomic mass is 32.2. The molecule has 2 atom stereocenters. The molecule has 0 radical (unpaired) electrons. The molecule has 1 aliphatic carbocycles. The van der Waals surface area contributed by atoms with Crippen molar-refractivity contribution in [2.45, 2.75) is 43.4 Å². The molecule has 18 heavy (non-hydrogen) atoms. The summed E-state index contributed by atoms with van der Waals surface area (Å²) < 4.78 is 0. The molecule has 1 amide bonds. The number of carbonyl (C=O) groups excluding carboxylic acids is 1. The lowest BCUT2D eigenvalue weighted by atomic mass is 10.00. The molecule has 1 N–H and O–H groups in total. The number of nitriles is 1. The molecule has 1 saturated carbocycles. The maximum Gasteiger partial charge on any atom is 0.232 e. The van der Waals surface area contributed by atoms with Crippen molar-refractivity contribution in [1.29, 1.82) is 5.26 Å². The molecule has 0 aromatic heterocycles. The predicted octanol–water partition coefficient (Wildman–Crippen LogP) is 1.62. The van der Waals surface area contributed by atoms with Crippen LogP contribution in [0.3, 0.4) is 0 Å². The van der Waals surface area contributed by atoms with E-state index in [-0.39, 0.29) is 11.4 Å². The summed E-state index contributed by atoms with van der Waals surface area (Å²) in [4.78, 5) is 13.1. The molecular formula is C13H23N3OS. The molecule has 0 aromatic carbocycles. The van der Waals surface area contributed by atoms with Crippen molar-refractivity contribution in [3.63, 3.8) is 0 Å². The van der Waals surface area contributed by atoms with Gasteiger partial charge in [0, 0.05) is 19.3 Å². The fourth-order valence-electron chi connectivity index (χ4n) is 2.13.